The van der Waals surface area contributed by atoms with E-state index in [1.54, 1.807) is 6.07 Å². The van der Waals surface area contributed by atoms with Crippen LogP contribution in [0.1, 0.15) is 20.8 Å². The number of nitrogens with two attached hydrogens (primary N) is 1. The number of anilines is 2. The molecule has 1 aromatic carbocycles. The number of morpholine rings is 1. The second-order valence-electron chi connectivity index (χ2n) is 7.38. The van der Waals surface area contributed by atoms with Crippen LogP contribution in [0, 0.1) is 5.92 Å². The van der Waals surface area contributed by atoms with Gasteiger partial charge in [0.2, 0.25) is 5.91 Å². The number of nitrogens with zero attached hydrogens (tertiary/aromatic N) is 2. The van der Waals surface area contributed by atoms with Gasteiger partial charge in [-0.15, -0.1) is 0 Å². The number of amides is 2. The summed E-state index contributed by atoms with van der Waals surface area (Å²) in [4.78, 5) is 28.3. The molecule has 30 heavy (non-hydrogen) atoms. The van der Waals surface area contributed by atoms with Crippen molar-refractivity contribution >= 4 is 23.2 Å². The number of likely N-dealkylation sites (N-methyl/N-ethyl adjacent to an activating group) is 1. The first kappa shape index (κ1) is 24.0. The van der Waals surface area contributed by atoms with Crippen molar-refractivity contribution in [2.45, 2.75) is 33.4 Å². The summed E-state index contributed by atoms with van der Waals surface area (Å²) in [6, 6.07) is 3.71. The molecular weight excluding hydrogens is 398 g/mol. The van der Waals surface area contributed by atoms with E-state index in [0.717, 1.165) is 0 Å². The van der Waals surface area contributed by atoms with E-state index in [0.29, 0.717) is 37.8 Å². The first-order valence-electron chi connectivity index (χ1n) is 9.98. The average Bonchev–Trinajstić information content (AvgIpc) is 2.68. The van der Waals surface area contributed by atoms with Crippen LogP contribution in [-0.4, -0.2) is 68.8 Å². The summed E-state index contributed by atoms with van der Waals surface area (Å²) in [5.41, 5.74) is 6.30. The van der Waals surface area contributed by atoms with Crippen LogP contribution < -0.4 is 20.7 Å². The van der Waals surface area contributed by atoms with Crippen LogP contribution in [0.15, 0.2) is 18.2 Å². The summed E-state index contributed by atoms with van der Waals surface area (Å²) in [5, 5.41) is 2.65. The fourth-order valence-electron chi connectivity index (χ4n) is 3.35. The van der Waals surface area contributed by atoms with Gasteiger partial charge in [0.05, 0.1) is 12.3 Å². The van der Waals surface area contributed by atoms with Crippen molar-refractivity contribution in [3.63, 3.8) is 0 Å². The Morgan fingerprint density at radius 2 is 2.13 bits per heavy atom. The maximum atomic E-state index is 13.0. The molecule has 168 valence electrons. The number of carbonyl (C=O) groups excluding carboxylic acids is 2. The van der Waals surface area contributed by atoms with Gasteiger partial charge in [-0.25, -0.2) is 0 Å². The molecule has 0 bridgehead atoms. The highest BCUT2D eigenvalue weighted by Crippen LogP contribution is 2.32. The smallest absolute Gasteiger partial charge is 0.387 e. The van der Waals surface area contributed by atoms with Crippen molar-refractivity contribution in [3.8, 4) is 5.75 Å². The lowest BCUT2D eigenvalue weighted by molar-refractivity contribution is -0.125. The molecule has 2 rings (SSSR count). The topological polar surface area (TPSA) is 97.1 Å². The monoisotopic (exact) mass is 428 g/mol. The number of hydrogen-bond acceptors (Lipinski definition) is 6. The van der Waals surface area contributed by atoms with Crippen LogP contribution in [0.2, 0.25) is 0 Å². The van der Waals surface area contributed by atoms with Gasteiger partial charge in [-0.05, 0) is 24.6 Å². The first-order chi connectivity index (χ1) is 14.3. The number of rotatable bonds is 10. The third-order valence-corrected chi connectivity index (χ3v) is 4.71. The number of halogens is 2. The van der Waals surface area contributed by atoms with Gasteiger partial charge in [-0.1, -0.05) is 20.8 Å². The van der Waals surface area contributed by atoms with E-state index in [1.807, 2.05) is 25.7 Å². The zero-order chi connectivity index (χ0) is 22.3. The highest BCUT2D eigenvalue weighted by molar-refractivity contribution is 5.98. The fraction of sp³-hybridized carbons (Fsp3) is 0.600. The van der Waals surface area contributed by atoms with E-state index in [-0.39, 0.29) is 30.5 Å². The van der Waals surface area contributed by atoms with Crippen LogP contribution >= 0.6 is 0 Å². The van der Waals surface area contributed by atoms with E-state index in [1.165, 1.54) is 17.0 Å². The molecule has 0 aromatic heterocycles. The minimum Gasteiger partial charge on any atom is -0.433 e. The van der Waals surface area contributed by atoms with Gasteiger partial charge in [-0.2, -0.15) is 8.78 Å². The van der Waals surface area contributed by atoms with Gasteiger partial charge >= 0.3 is 6.61 Å². The van der Waals surface area contributed by atoms with Crippen molar-refractivity contribution in [2.75, 3.05) is 49.6 Å². The number of benzene rings is 1. The van der Waals surface area contributed by atoms with E-state index >= 15 is 0 Å². The molecule has 1 aliphatic rings. The zero-order valence-corrected chi connectivity index (χ0v) is 17.6. The maximum absolute atomic E-state index is 13.0. The van der Waals surface area contributed by atoms with Crippen molar-refractivity contribution in [2.24, 2.45) is 11.7 Å². The molecule has 1 fully saturated rings. The second-order valence-corrected chi connectivity index (χ2v) is 7.38. The predicted octanol–water partition coefficient (Wildman–Crippen LogP) is 1.89. The summed E-state index contributed by atoms with van der Waals surface area (Å²) < 4.78 is 35.7. The Hall–Kier alpha value is -2.30. The van der Waals surface area contributed by atoms with Crippen LogP contribution in [-0.2, 0) is 14.3 Å². The Morgan fingerprint density at radius 3 is 2.70 bits per heavy atom. The number of ether oxygens (including phenoxy) is 2. The van der Waals surface area contributed by atoms with Crippen LogP contribution in [0.4, 0.5) is 20.2 Å². The van der Waals surface area contributed by atoms with E-state index in [2.05, 4.69) is 10.1 Å². The third-order valence-electron chi connectivity index (χ3n) is 4.71. The van der Waals surface area contributed by atoms with Crippen molar-refractivity contribution in [3.05, 3.63) is 18.2 Å². The van der Waals surface area contributed by atoms with Crippen LogP contribution in [0.3, 0.4) is 0 Å². The Balaban J connectivity index is 2.26. The van der Waals surface area contributed by atoms with Crippen LogP contribution in [0.25, 0.3) is 0 Å². The highest BCUT2D eigenvalue weighted by Gasteiger charge is 2.26. The Morgan fingerprint density at radius 1 is 1.40 bits per heavy atom. The Labute approximate surface area is 175 Å². The van der Waals surface area contributed by atoms with Gasteiger partial charge in [0.15, 0.2) is 5.75 Å². The molecule has 3 N–H and O–H groups in total. The second kappa shape index (κ2) is 11.2. The molecule has 8 nitrogen and oxygen atoms in total. The summed E-state index contributed by atoms with van der Waals surface area (Å²) in [5.74, 6) is -0.585. The minimum atomic E-state index is -3.09. The molecule has 1 heterocycles. The summed E-state index contributed by atoms with van der Waals surface area (Å²) in [7, 11) is 0. The fourth-order valence-corrected chi connectivity index (χ4v) is 3.35. The molecule has 2 amide bonds. The minimum absolute atomic E-state index is 0.0790. The molecule has 0 radical (unpaired) electrons. The molecule has 0 unspecified atom stereocenters. The van der Waals surface area contributed by atoms with Gasteiger partial charge in [0, 0.05) is 31.4 Å². The number of nitrogens with one attached hydrogen (secondary N) is 1. The highest BCUT2D eigenvalue weighted by atomic mass is 19.3. The lowest BCUT2D eigenvalue weighted by Crippen LogP contribution is -2.49. The Bertz CT molecular complexity index is 733. The molecule has 0 aliphatic carbocycles. The zero-order valence-electron chi connectivity index (χ0n) is 17.6. The van der Waals surface area contributed by atoms with Gasteiger partial charge in [-0.3, -0.25) is 14.5 Å². The summed E-state index contributed by atoms with van der Waals surface area (Å²) in [6.07, 6.45) is 0. The first-order valence-corrected chi connectivity index (χ1v) is 9.98. The van der Waals surface area contributed by atoms with E-state index in [9.17, 15) is 18.4 Å². The predicted molar refractivity (Wildman–Crippen MR) is 110 cm³/mol. The lowest BCUT2D eigenvalue weighted by Gasteiger charge is -2.30. The molecule has 1 saturated heterocycles. The SMILES string of the molecule is CCN(CC(C)C)[C@H](CN)C(=O)Nc1ccc(N2CCOCC2=O)cc1OC(F)F. The molecule has 0 saturated carbocycles. The largest absolute Gasteiger partial charge is 0.433 e. The quantitative estimate of drug-likeness (QED) is 0.591. The van der Waals surface area contributed by atoms with Crippen LogP contribution in [0.5, 0.6) is 5.75 Å². The normalized spacial score (nSPS) is 15.8. The standard InChI is InChI=1S/C20H30F2N4O4/c1-4-25(11-13(2)3)16(10-23)19(28)24-15-6-5-14(9-17(15)30-20(21)22)26-7-8-29-12-18(26)27/h5-6,9,13,16,20H,4,7-8,10-12,23H2,1-3H3,(H,24,28)/t16-/m1/s1. The van der Waals surface area contributed by atoms with Crippen molar-refractivity contribution in [1.29, 1.82) is 0 Å². The number of alkyl halides is 2. The third kappa shape index (κ3) is 6.35. The molecule has 1 aromatic rings. The number of carbonyl (C=O) groups is 2. The molecule has 0 spiro atoms. The van der Waals surface area contributed by atoms with Gasteiger partial charge in [0.25, 0.3) is 5.91 Å². The lowest BCUT2D eigenvalue weighted by atomic mass is 10.1. The van der Waals surface area contributed by atoms with E-state index < -0.39 is 18.6 Å². The molecule has 1 atom stereocenters. The summed E-state index contributed by atoms with van der Waals surface area (Å²) >= 11 is 0. The van der Waals surface area contributed by atoms with Gasteiger partial charge in [0.1, 0.15) is 12.6 Å². The molecular formula is C20H30F2N4O4. The molecule has 10 heteroatoms. The number of hydrogen-bond donors (Lipinski definition) is 2. The molecule has 1 aliphatic heterocycles. The van der Waals surface area contributed by atoms with Crippen molar-refractivity contribution in [1.82, 2.24) is 4.90 Å². The van der Waals surface area contributed by atoms with E-state index in [4.69, 9.17) is 10.5 Å². The van der Waals surface area contributed by atoms with Crippen molar-refractivity contribution < 1.29 is 27.8 Å². The maximum Gasteiger partial charge on any atom is 0.387 e. The summed E-state index contributed by atoms with van der Waals surface area (Å²) in [6.45, 7) is 4.85. The average molecular weight is 428 g/mol. The Kier molecular flexibility index (Phi) is 8.94. The van der Waals surface area contributed by atoms with Gasteiger partial charge < -0.3 is 25.4 Å².